The summed E-state index contributed by atoms with van der Waals surface area (Å²) in [6.45, 7) is 5.79. The normalized spacial score (nSPS) is 12.9. The molecule has 0 aliphatic carbocycles. The Bertz CT molecular complexity index is 549. The third-order valence-electron chi connectivity index (χ3n) is 3.50. The number of furan rings is 1. The Labute approximate surface area is 132 Å². The van der Waals surface area contributed by atoms with Gasteiger partial charge in [-0.3, -0.25) is 0 Å². The first kappa shape index (κ1) is 16.1. The SMILES string of the molecule is CCC(C)NC(=NCc1ccccc1)NCCc1ccco1. The molecule has 22 heavy (non-hydrogen) atoms. The van der Waals surface area contributed by atoms with E-state index in [4.69, 9.17) is 4.42 Å². The van der Waals surface area contributed by atoms with E-state index in [0.29, 0.717) is 12.6 Å². The highest BCUT2D eigenvalue weighted by molar-refractivity contribution is 5.80. The van der Waals surface area contributed by atoms with Gasteiger partial charge in [0.05, 0.1) is 12.8 Å². The van der Waals surface area contributed by atoms with Crippen LogP contribution in [0.2, 0.25) is 0 Å². The van der Waals surface area contributed by atoms with Crippen molar-refractivity contribution in [3.63, 3.8) is 0 Å². The van der Waals surface area contributed by atoms with Crippen LogP contribution in [-0.4, -0.2) is 18.5 Å². The maximum absolute atomic E-state index is 5.35. The number of benzene rings is 1. The first-order valence-corrected chi connectivity index (χ1v) is 7.89. The largest absolute Gasteiger partial charge is 0.469 e. The molecule has 0 saturated heterocycles. The molecule has 0 aliphatic heterocycles. The van der Waals surface area contributed by atoms with Crippen molar-refractivity contribution in [2.45, 2.75) is 39.3 Å². The summed E-state index contributed by atoms with van der Waals surface area (Å²) in [5.41, 5.74) is 1.21. The van der Waals surface area contributed by atoms with E-state index in [1.165, 1.54) is 5.56 Å². The van der Waals surface area contributed by atoms with Crippen molar-refractivity contribution in [1.29, 1.82) is 0 Å². The number of aliphatic imine (C=N–C) groups is 1. The Kier molecular flexibility index (Phi) is 6.55. The number of guanidine groups is 1. The quantitative estimate of drug-likeness (QED) is 0.609. The van der Waals surface area contributed by atoms with Crippen LogP contribution in [0.3, 0.4) is 0 Å². The summed E-state index contributed by atoms with van der Waals surface area (Å²) in [6.07, 6.45) is 3.61. The molecule has 0 spiro atoms. The van der Waals surface area contributed by atoms with Crippen LogP contribution in [0.25, 0.3) is 0 Å². The second-order valence-electron chi connectivity index (χ2n) is 5.36. The summed E-state index contributed by atoms with van der Waals surface area (Å²) < 4.78 is 5.35. The van der Waals surface area contributed by atoms with E-state index in [1.807, 2.05) is 30.3 Å². The molecule has 2 rings (SSSR count). The van der Waals surface area contributed by atoms with Gasteiger partial charge >= 0.3 is 0 Å². The van der Waals surface area contributed by atoms with Gasteiger partial charge < -0.3 is 15.1 Å². The number of hydrogen-bond acceptors (Lipinski definition) is 2. The molecule has 0 aliphatic rings. The van der Waals surface area contributed by atoms with E-state index in [2.05, 4.69) is 41.6 Å². The topological polar surface area (TPSA) is 49.6 Å². The average Bonchev–Trinajstić information content (AvgIpc) is 3.06. The summed E-state index contributed by atoms with van der Waals surface area (Å²) in [4.78, 5) is 4.66. The molecular formula is C18H25N3O. The highest BCUT2D eigenvalue weighted by Gasteiger charge is 2.04. The standard InChI is InChI=1S/C18H25N3O/c1-3-15(2)21-18(19-12-11-17-10-7-13-22-17)20-14-16-8-5-4-6-9-16/h4-10,13,15H,3,11-12,14H2,1-2H3,(H2,19,20,21). The Hall–Kier alpha value is -2.23. The molecule has 1 aromatic carbocycles. The molecular weight excluding hydrogens is 274 g/mol. The van der Waals surface area contributed by atoms with E-state index in [9.17, 15) is 0 Å². The van der Waals surface area contributed by atoms with Gasteiger partial charge in [-0.25, -0.2) is 4.99 Å². The van der Waals surface area contributed by atoms with E-state index in [1.54, 1.807) is 6.26 Å². The summed E-state index contributed by atoms with van der Waals surface area (Å²) in [7, 11) is 0. The lowest BCUT2D eigenvalue weighted by Crippen LogP contribution is -2.42. The van der Waals surface area contributed by atoms with Crippen LogP contribution >= 0.6 is 0 Å². The number of rotatable bonds is 7. The van der Waals surface area contributed by atoms with Gasteiger partial charge in [0, 0.05) is 19.0 Å². The zero-order valence-corrected chi connectivity index (χ0v) is 13.4. The van der Waals surface area contributed by atoms with Crippen molar-refractivity contribution in [1.82, 2.24) is 10.6 Å². The van der Waals surface area contributed by atoms with Crippen LogP contribution in [0.15, 0.2) is 58.1 Å². The zero-order valence-electron chi connectivity index (χ0n) is 13.4. The van der Waals surface area contributed by atoms with Gasteiger partial charge in [-0.15, -0.1) is 0 Å². The third-order valence-corrected chi connectivity index (χ3v) is 3.50. The Morgan fingerprint density at radius 3 is 2.68 bits per heavy atom. The lowest BCUT2D eigenvalue weighted by atomic mass is 10.2. The minimum atomic E-state index is 0.394. The summed E-state index contributed by atoms with van der Waals surface area (Å²) in [5, 5.41) is 6.80. The molecule has 0 saturated carbocycles. The van der Waals surface area contributed by atoms with E-state index < -0.39 is 0 Å². The molecule has 0 bridgehead atoms. The fourth-order valence-electron chi connectivity index (χ4n) is 2.00. The number of hydrogen-bond donors (Lipinski definition) is 2. The molecule has 1 aromatic heterocycles. The van der Waals surface area contributed by atoms with Crippen molar-refractivity contribution < 1.29 is 4.42 Å². The third kappa shape index (κ3) is 5.64. The maximum atomic E-state index is 5.35. The van der Waals surface area contributed by atoms with Crippen LogP contribution < -0.4 is 10.6 Å². The minimum Gasteiger partial charge on any atom is -0.469 e. The minimum absolute atomic E-state index is 0.394. The highest BCUT2D eigenvalue weighted by Crippen LogP contribution is 2.01. The van der Waals surface area contributed by atoms with Crippen LogP contribution in [0, 0.1) is 0 Å². The van der Waals surface area contributed by atoms with Crippen molar-refractivity contribution in [3.05, 3.63) is 60.1 Å². The molecule has 4 heteroatoms. The number of nitrogens with zero attached hydrogens (tertiary/aromatic N) is 1. The molecule has 2 aromatic rings. The van der Waals surface area contributed by atoms with Crippen molar-refractivity contribution in [2.75, 3.05) is 6.54 Å². The first-order valence-electron chi connectivity index (χ1n) is 7.89. The van der Waals surface area contributed by atoms with Gasteiger partial charge in [-0.2, -0.15) is 0 Å². The lowest BCUT2D eigenvalue weighted by Gasteiger charge is -2.17. The van der Waals surface area contributed by atoms with E-state index in [-0.39, 0.29) is 0 Å². The van der Waals surface area contributed by atoms with E-state index in [0.717, 1.165) is 31.1 Å². The van der Waals surface area contributed by atoms with Crippen molar-refractivity contribution in [3.8, 4) is 0 Å². The molecule has 1 atom stereocenters. The molecule has 4 nitrogen and oxygen atoms in total. The second kappa shape index (κ2) is 8.93. The smallest absolute Gasteiger partial charge is 0.191 e. The first-order chi connectivity index (χ1) is 10.8. The predicted molar refractivity (Wildman–Crippen MR) is 90.9 cm³/mol. The number of nitrogens with one attached hydrogen (secondary N) is 2. The molecule has 2 N–H and O–H groups in total. The molecule has 1 heterocycles. The Morgan fingerprint density at radius 1 is 1.18 bits per heavy atom. The van der Waals surface area contributed by atoms with Gasteiger partial charge in [-0.05, 0) is 31.0 Å². The molecule has 0 amide bonds. The van der Waals surface area contributed by atoms with Gasteiger partial charge in [0.15, 0.2) is 5.96 Å². The van der Waals surface area contributed by atoms with Gasteiger partial charge in [0.1, 0.15) is 5.76 Å². The van der Waals surface area contributed by atoms with Gasteiger partial charge in [0.2, 0.25) is 0 Å². The van der Waals surface area contributed by atoms with Crippen LogP contribution in [0.4, 0.5) is 0 Å². The Balaban J connectivity index is 1.89. The summed E-state index contributed by atoms with van der Waals surface area (Å²) in [6, 6.07) is 14.6. The van der Waals surface area contributed by atoms with Crippen LogP contribution in [0.1, 0.15) is 31.6 Å². The fourth-order valence-corrected chi connectivity index (χ4v) is 2.00. The van der Waals surface area contributed by atoms with Crippen LogP contribution in [0.5, 0.6) is 0 Å². The molecule has 0 fully saturated rings. The van der Waals surface area contributed by atoms with Crippen LogP contribution in [-0.2, 0) is 13.0 Å². The molecule has 0 radical (unpaired) electrons. The molecule has 118 valence electrons. The molecule has 1 unspecified atom stereocenters. The predicted octanol–water partition coefficient (Wildman–Crippen LogP) is 3.36. The van der Waals surface area contributed by atoms with Gasteiger partial charge in [0.25, 0.3) is 0 Å². The van der Waals surface area contributed by atoms with Gasteiger partial charge in [-0.1, -0.05) is 37.3 Å². The second-order valence-corrected chi connectivity index (χ2v) is 5.36. The zero-order chi connectivity index (χ0) is 15.6. The fraction of sp³-hybridized carbons (Fsp3) is 0.389. The Morgan fingerprint density at radius 2 is 2.00 bits per heavy atom. The highest BCUT2D eigenvalue weighted by atomic mass is 16.3. The van der Waals surface area contributed by atoms with Crippen molar-refractivity contribution in [2.24, 2.45) is 4.99 Å². The average molecular weight is 299 g/mol. The maximum Gasteiger partial charge on any atom is 0.191 e. The lowest BCUT2D eigenvalue weighted by molar-refractivity contribution is 0.506. The summed E-state index contributed by atoms with van der Waals surface area (Å²) >= 11 is 0. The van der Waals surface area contributed by atoms with E-state index >= 15 is 0 Å². The summed E-state index contributed by atoms with van der Waals surface area (Å²) in [5.74, 6) is 1.84. The van der Waals surface area contributed by atoms with Crippen molar-refractivity contribution >= 4 is 5.96 Å². The monoisotopic (exact) mass is 299 g/mol.